The molecule has 0 aliphatic heterocycles. The van der Waals surface area contributed by atoms with Gasteiger partial charge in [-0.25, -0.2) is 9.59 Å². The highest BCUT2D eigenvalue weighted by Crippen LogP contribution is 1.90. The Labute approximate surface area is 97.3 Å². The normalized spacial score (nSPS) is 9.38. The second-order valence-electron chi connectivity index (χ2n) is 2.87. The van der Waals surface area contributed by atoms with Crippen LogP contribution in [0.5, 0.6) is 0 Å². The smallest absolute Gasteiger partial charge is 0.333 e. The Morgan fingerprint density at radius 3 is 2.62 bits per heavy atom. The molecule has 0 rings (SSSR count). The molecule has 0 spiro atoms. The maximum atomic E-state index is 11.1. The van der Waals surface area contributed by atoms with Crippen molar-refractivity contribution in [3.8, 4) is 0 Å². The van der Waals surface area contributed by atoms with E-state index in [1.54, 1.807) is 14.0 Å². The molecule has 2 amide bonds. The zero-order chi connectivity index (χ0) is 12.4. The third-order valence-corrected chi connectivity index (χ3v) is 2.04. The van der Waals surface area contributed by atoms with Crippen molar-refractivity contribution in [2.75, 3.05) is 26.4 Å². The van der Waals surface area contributed by atoms with E-state index in [0.717, 1.165) is 0 Å². The Morgan fingerprint density at radius 2 is 2.06 bits per heavy atom. The monoisotopic (exact) mass is 244 g/mol. The van der Waals surface area contributed by atoms with E-state index in [0.29, 0.717) is 11.7 Å². The number of rotatable bonds is 7. The maximum absolute atomic E-state index is 11.1. The van der Waals surface area contributed by atoms with Crippen LogP contribution in [0.15, 0.2) is 12.2 Å². The molecule has 0 unspecified atom stereocenters. The zero-order valence-electron chi connectivity index (χ0n) is 9.46. The van der Waals surface area contributed by atoms with E-state index in [2.05, 4.69) is 17.2 Å². The molecule has 0 heterocycles. The second kappa shape index (κ2) is 8.92. The van der Waals surface area contributed by atoms with Crippen molar-refractivity contribution in [1.29, 1.82) is 0 Å². The Bertz CT molecular complexity index is 258. The molecule has 2 N–H and O–H groups in total. The third-order valence-electron chi connectivity index (χ3n) is 1.43. The van der Waals surface area contributed by atoms with Crippen molar-refractivity contribution < 1.29 is 18.8 Å². The van der Waals surface area contributed by atoms with Crippen LogP contribution in [0.4, 0.5) is 4.79 Å². The number of nitrogens with one attached hydrogen (secondary N) is 2. The summed E-state index contributed by atoms with van der Waals surface area (Å²) in [5.74, 6) is -0.455. The Kier molecular flexibility index (Phi) is 8.18. The van der Waals surface area contributed by atoms with Gasteiger partial charge in [0.25, 0.3) is 9.76 Å². The summed E-state index contributed by atoms with van der Waals surface area (Å²) in [4.78, 5) is 22.0. The van der Waals surface area contributed by atoms with Crippen LogP contribution in [0.3, 0.4) is 0 Å². The van der Waals surface area contributed by atoms with E-state index >= 15 is 0 Å². The fourth-order valence-corrected chi connectivity index (χ4v) is 1.06. The van der Waals surface area contributed by atoms with Gasteiger partial charge in [-0.2, -0.15) is 0 Å². The summed E-state index contributed by atoms with van der Waals surface area (Å²) >= 11 is 0. The molecule has 0 fully saturated rings. The largest absolute Gasteiger partial charge is 0.460 e. The fraction of sp³-hybridized carbons (Fsp3) is 0.556. The minimum absolute atomic E-state index is 0.131. The predicted molar refractivity (Wildman–Crippen MR) is 59.9 cm³/mol. The van der Waals surface area contributed by atoms with Gasteiger partial charge in [0.05, 0.1) is 6.54 Å². The summed E-state index contributed by atoms with van der Waals surface area (Å²) in [5.41, 5.74) is 0.339. The van der Waals surface area contributed by atoms with Crippen molar-refractivity contribution in [2.45, 2.75) is 6.92 Å². The molecule has 16 heavy (non-hydrogen) atoms. The van der Waals surface area contributed by atoms with Crippen LogP contribution in [0, 0.1) is 0 Å². The lowest BCUT2D eigenvalue weighted by Crippen LogP contribution is -2.39. The summed E-state index contributed by atoms with van der Waals surface area (Å²) in [5, 5.41) is 5.10. The van der Waals surface area contributed by atoms with Gasteiger partial charge in [0.1, 0.15) is 6.61 Å². The Hall–Kier alpha value is -1.34. The summed E-state index contributed by atoms with van der Waals surface area (Å²) in [7, 11) is 1.80. The summed E-state index contributed by atoms with van der Waals surface area (Å²) < 4.78 is 9.56. The number of ether oxygens (including phenoxy) is 1. The lowest BCUT2D eigenvalue weighted by molar-refractivity contribution is -0.138. The topological polar surface area (TPSA) is 76.7 Å². The van der Waals surface area contributed by atoms with Crippen LogP contribution in [-0.4, -0.2) is 48.2 Å². The first-order valence-electron chi connectivity index (χ1n) is 4.68. The van der Waals surface area contributed by atoms with E-state index in [9.17, 15) is 9.59 Å². The van der Waals surface area contributed by atoms with Gasteiger partial charge >= 0.3 is 12.0 Å². The molecule has 0 aliphatic rings. The Morgan fingerprint density at radius 1 is 1.38 bits per heavy atom. The van der Waals surface area contributed by atoms with Gasteiger partial charge in [0.2, 0.25) is 0 Å². The van der Waals surface area contributed by atoms with Gasteiger partial charge in [-0.3, -0.25) is 0 Å². The molecular weight excluding hydrogens is 228 g/mol. The molecule has 0 saturated heterocycles. The molecule has 0 atom stereocenters. The first-order chi connectivity index (χ1) is 7.57. The predicted octanol–water partition coefficient (Wildman–Crippen LogP) is -0.372. The minimum atomic E-state index is -0.455. The van der Waals surface area contributed by atoms with Crippen LogP contribution in [-0.2, 0) is 14.0 Å². The van der Waals surface area contributed by atoms with E-state index < -0.39 is 5.97 Å². The highest BCUT2D eigenvalue weighted by atomic mass is 28.2. The van der Waals surface area contributed by atoms with Crippen LogP contribution < -0.4 is 10.6 Å². The standard InChI is InChI=1S/C9H16N2O4Si/c1-7(2)8(12)15-5-4-10-9(13)11-6-16-14-3/h1,4-6H2,2-3H3,(H2,10,11,13). The highest BCUT2D eigenvalue weighted by molar-refractivity contribution is 6.27. The SMILES string of the molecule is C=C(C)C(=O)OCCNC(=O)NC[Si]OC. The van der Waals surface area contributed by atoms with Crippen LogP contribution >= 0.6 is 0 Å². The fourth-order valence-electron chi connectivity index (χ4n) is 0.683. The summed E-state index contributed by atoms with van der Waals surface area (Å²) in [6.07, 6.45) is 0.466. The first-order valence-corrected chi connectivity index (χ1v) is 5.79. The van der Waals surface area contributed by atoms with E-state index in [1.165, 1.54) is 0 Å². The molecule has 0 saturated carbocycles. The van der Waals surface area contributed by atoms with Gasteiger partial charge in [0, 0.05) is 18.9 Å². The summed E-state index contributed by atoms with van der Waals surface area (Å²) in [6, 6.07) is -0.309. The van der Waals surface area contributed by atoms with Crippen molar-refractivity contribution in [3.05, 3.63) is 12.2 Å². The van der Waals surface area contributed by atoms with Crippen molar-refractivity contribution >= 4 is 21.8 Å². The third kappa shape index (κ3) is 8.01. The zero-order valence-corrected chi connectivity index (χ0v) is 10.5. The molecule has 7 heteroatoms. The number of hydrogen-bond acceptors (Lipinski definition) is 4. The maximum Gasteiger partial charge on any atom is 0.333 e. The number of urea groups is 1. The molecule has 0 bridgehead atoms. The van der Waals surface area contributed by atoms with E-state index in [1.807, 2.05) is 0 Å². The van der Waals surface area contributed by atoms with Gasteiger partial charge in [-0.05, 0) is 6.92 Å². The first kappa shape index (κ1) is 14.7. The lowest BCUT2D eigenvalue weighted by atomic mass is 10.4. The highest BCUT2D eigenvalue weighted by Gasteiger charge is 2.03. The molecular formula is C9H16N2O4Si. The second-order valence-corrected chi connectivity index (χ2v) is 3.92. The van der Waals surface area contributed by atoms with E-state index in [4.69, 9.17) is 9.16 Å². The van der Waals surface area contributed by atoms with Gasteiger partial charge in [-0.1, -0.05) is 6.58 Å². The molecule has 0 aromatic carbocycles. The molecule has 6 nitrogen and oxygen atoms in total. The van der Waals surface area contributed by atoms with Crippen molar-refractivity contribution in [2.24, 2.45) is 0 Å². The number of amides is 2. The molecule has 0 aromatic rings. The lowest BCUT2D eigenvalue weighted by Gasteiger charge is -2.07. The van der Waals surface area contributed by atoms with E-state index in [-0.39, 0.29) is 28.9 Å². The van der Waals surface area contributed by atoms with Gasteiger partial charge < -0.3 is 19.8 Å². The van der Waals surface area contributed by atoms with Crippen molar-refractivity contribution in [1.82, 2.24) is 10.6 Å². The Balaban J connectivity index is 3.41. The van der Waals surface area contributed by atoms with Crippen LogP contribution in [0.2, 0.25) is 0 Å². The average Bonchev–Trinajstić information content (AvgIpc) is 2.24. The van der Waals surface area contributed by atoms with Crippen LogP contribution in [0.1, 0.15) is 6.92 Å². The molecule has 0 aromatic heterocycles. The van der Waals surface area contributed by atoms with Gasteiger partial charge in [-0.15, -0.1) is 0 Å². The molecule has 90 valence electrons. The molecule has 2 radical (unpaired) electrons. The van der Waals surface area contributed by atoms with Crippen LogP contribution in [0.25, 0.3) is 0 Å². The van der Waals surface area contributed by atoms with Crippen molar-refractivity contribution in [3.63, 3.8) is 0 Å². The minimum Gasteiger partial charge on any atom is -0.460 e. The number of esters is 1. The molecule has 0 aliphatic carbocycles. The number of hydrogen-bond donors (Lipinski definition) is 2. The quantitative estimate of drug-likeness (QED) is 0.277. The number of carbonyl (C=O) groups is 2. The number of carbonyl (C=O) groups excluding carboxylic acids is 2. The summed E-state index contributed by atoms with van der Waals surface area (Å²) in [6.45, 7) is 5.39. The average molecular weight is 244 g/mol. The van der Waals surface area contributed by atoms with Gasteiger partial charge in [0.15, 0.2) is 0 Å².